The molecule has 4 nitrogen and oxygen atoms in total. The van der Waals surface area contributed by atoms with Crippen LogP contribution in [0.1, 0.15) is 29.5 Å². The van der Waals surface area contributed by atoms with Crippen LogP contribution in [-0.4, -0.2) is 55.6 Å². The minimum absolute atomic E-state index is 0.117. The number of carbonyl (C=O) groups is 1. The van der Waals surface area contributed by atoms with Crippen molar-refractivity contribution in [2.75, 3.05) is 39.8 Å². The van der Waals surface area contributed by atoms with Crippen LogP contribution in [0.5, 0.6) is 0 Å². The summed E-state index contributed by atoms with van der Waals surface area (Å²) in [4.78, 5) is 16.3. The van der Waals surface area contributed by atoms with Crippen LogP contribution in [0.15, 0.2) is 18.2 Å². The highest BCUT2D eigenvalue weighted by atomic mass is 16.5. The minimum Gasteiger partial charge on any atom is -0.468 e. The van der Waals surface area contributed by atoms with Crippen molar-refractivity contribution in [3.63, 3.8) is 0 Å². The zero-order valence-electron chi connectivity index (χ0n) is 14.6. The summed E-state index contributed by atoms with van der Waals surface area (Å²) in [5.41, 5.74) is 4.50. The molecule has 2 aliphatic heterocycles. The predicted octanol–water partition coefficient (Wildman–Crippen LogP) is 2.37. The highest BCUT2D eigenvalue weighted by molar-refractivity contribution is 5.71. The first-order chi connectivity index (χ1) is 11.0. The standard InChI is InChI=1S/C19H28N2O2/c1-15-7-16(2)9-17(8-15)10-21-13-19(14-21)5-4-6-20(12-19)11-18(22)23-3/h7-9H,4-6,10-14H2,1-3H3. The van der Waals surface area contributed by atoms with Gasteiger partial charge in [-0.15, -0.1) is 0 Å². The van der Waals surface area contributed by atoms with Crippen molar-refractivity contribution in [3.05, 3.63) is 34.9 Å². The fourth-order valence-corrected chi connectivity index (χ4v) is 4.38. The number of rotatable bonds is 4. The molecule has 23 heavy (non-hydrogen) atoms. The molecule has 2 heterocycles. The van der Waals surface area contributed by atoms with Crippen molar-refractivity contribution < 1.29 is 9.53 Å². The summed E-state index contributed by atoms with van der Waals surface area (Å²) in [7, 11) is 1.47. The molecule has 0 N–H and O–H groups in total. The normalized spacial score (nSPS) is 21.2. The highest BCUT2D eigenvalue weighted by Gasteiger charge is 2.45. The maximum atomic E-state index is 11.5. The van der Waals surface area contributed by atoms with Gasteiger partial charge in [0.2, 0.25) is 0 Å². The molecule has 3 rings (SSSR count). The average molecular weight is 316 g/mol. The molecule has 1 spiro atoms. The number of methoxy groups -OCH3 is 1. The first-order valence-electron chi connectivity index (χ1n) is 8.57. The second-order valence-electron chi connectivity index (χ2n) is 7.53. The molecule has 1 aromatic carbocycles. The van der Waals surface area contributed by atoms with Crippen molar-refractivity contribution in [2.45, 2.75) is 33.2 Å². The van der Waals surface area contributed by atoms with E-state index in [4.69, 9.17) is 4.74 Å². The number of aryl methyl sites for hydroxylation is 2. The van der Waals surface area contributed by atoms with Crippen LogP contribution in [-0.2, 0) is 16.1 Å². The maximum absolute atomic E-state index is 11.5. The van der Waals surface area contributed by atoms with Gasteiger partial charge >= 0.3 is 5.97 Å². The summed E-state index contributed by atoms with van der Waals surface area (Å²) in [6.07, 6.45) is 2.47. The maximum Gasteiger partial charge on any atom is 0.319 e. The lowest BCUT2D eigenvalue weighted by atomic mass is 9.73. The Bertz CT molecular complexity index is 558. The summed E-state index contributed by atoms with van der Waals surface area (Å²) in [5.74, 6) is -0.117. The van der Waals surface area contributed by atoms with Crippen molar-refractivity contribution >= 4 is 5.97 Å². The first kappa shape index (κ1) is 16.5. The van der Waals surface area contributed by atoms with E-state index in [0.29, 0.717) is 12.0 Å². The van der Waals surface area contributed by atoms with Crippen molar-refractivity contribution in [2.24, 2.45) is 5.41 Å². The van der Waals surface area contributed by atoms with E-state index in [1.807, 2.05) is 0 Å². The van der Waals surface area contributed by atoms with Gasteiger partial charge in [-0.25, -0.2) is 0 Å². The van der Waals surface area contributed by atoms with Gasteiger partial charge in [-0.05, 0) is 38.8 Å². The molecule has 126 valence electrons. The largest absolute Gasteiger partial charge is 0.468 e. The molecule has 2 fully saturated rings. The molecule has 0 radical (unpaired) electrons. The van der Waals surface area contributed by atoms with Crippen molar-refractivity contribution in [1.82, 2.24) is 9.80 Å². The molecule has 4 heteroatoms. The van der Waals surface area contributed by atoms with Gasteiger partial charge in [0.25, 0.3) is 0 Å². The van der Waals surface area contributed by atoms with Gasteiger partial charge < -0.3 is 4.74 Å². The van der Waals surface area contributed by atoms with Crippen LogP contribution in [0.25, 0.3) is 0 Å². The minimum atomic E-state index is -0.117. The zero-order chi connectivity index (χ0) is 16.4. The monoisotopic (exact) mass is 316 g/mol. The van der Waals surface area contributed by atoms with Crippen LogP contribution in [0.3, 0.4) is 0 Å². The highest BCUT2D eigenvalue weighted by Crippen LogP contribution is 2.39. The zero-order valence-corrected chi connectivity index (χ0v) is 14.6. The molecule has 0 atom stereocenters. The number of carbonyl (C=O) groups excluding carboxylic acids is 1. The summed E-state index contributed by atoms with van der Waals surface area (Å²) in [6.45, 7) is 10.2. The number of nitrogens with zero attached hydrogens (tertiary/aromatic N) is 2. The van der Waals surface area contributed by atoms with Crippen molar-refractivity contribution in [1.29, 1.82) is 0 Å². The lowest BCUT2D eigenvalue weighted by Gasteiger charge is -2.54. The Kier molecular flexibility index (Phi) is 4.74. The van der Waals surface area contributed by atoms with E-state index in [2.05, 4.69) is 41.8 Å². The van der Waals surface area contributed by atoms with Crippen LogP contribution < -0.4 is 0 Å². The molecule has 0 bridgehead atoms. The smallest absolute Gasteiger partial charge is 0.319 e. The topological polar surface area (TPSA) is 32.8 Å². The van der Waals surface area contributed by atoms with Crippen LogP contribution in [0.4, 0.5) is 0 Å². The lowest BCUT2D eigenvalue weighted by Crippen LogP contribution is -2.62. The van der Waals surface area contributed by atoms with E-state index < -0.39 is 0 Å². The Morgan fingerprint density at radius 2 is 1.78 bits per heavy atom. The molecule has 2 saturated heterocycles. The van der Waals surface area contributed by atoms with Gasteiger partial charge in [-0.2, -0.15) is 0 Å². The number of likely N-dealkylation sites (tertiary alicyclic amines) is 2. The van der Waals surface area contributed by atoms with E-state index in [1.165, 1.54) is 36.6 Å². The molecule has 0 aromatic heterocycles. The van der Waals surface area contributed by atoms with Gasteiger partial charge in [0, 0.05) is 31.6 Å². The Hall–Kier alpha value is -1.39. The second-order valence-corrected chi connectivity index (χ2v) is 7.53. The van der Waals surface area contributed by atoms with E-state index >= 15 is 0 Å². The predicted molar refractivity (Wildman–Crippen MR) is 91.3 cm³/mol. The first-order valence-corrected chi connectivity index (χ1v) is 8.57. The van der Waals surface area contributed by atoms with E-state index in [1.54, 1.807) is 0 Å². The number of benzene rings is 1. The third-order valence-electron chi connectivity index (χ3n) is 5.13. The van der Waals surface area contributed by atoms with E-state index in [-0.39, 0.29) is 5.97 Å². The fraction of sp³-hybridized carbons (Fsp3) is 0.632. The van der Waals surface area contributed by atoms with E-state index in [9.17, 15) is 4.79 Å². The molecular formula is C19H28N2O2. The van der Waals surface area contributed by atoms with Crippen LogP contribution in [0, 0.1) is 19.3 Å². The van der Waals surface area contributed by atoms with E-state index in [0.717, 1.165) is 32.7 Å². The van der Waals surface area contributed by atoms with Gasteiger partial charge in [-0.3, -0.25) is 14.6 Å². The number of piperidine rings is 1. The van der Waals surface area contributed by atoms with Gasteiger partial charge in [0.15, 0.2) is 0 Å². The number of hydrogen-bond donors (Lipinski definition) is 0. The van der Waals surface area contributed by atoms with Gasteiger partial charge in [0.05, 0.1) is 13.7 Å². The third-order valence-corrected chi connectivity index (χ3v) is 5.13. The fourth-order valence-electron chi connectivity index (χ4n) is 4.38. The molecular weight excluding hydrogens is 288 g/mol. The number of esters is 1. The summed E-state index contributed by atoms with van der Waals surface area (Å²) < 4.78 is 4.80. The summed E-state index contributed by atoms with van der Waals surface area (Å²) in [6, 6.07) is 6.82. The Morgan fingerprint density at radius 3 is 2.43 bits per heavy atom. The average Bonchev–Trinajstić information content (AvgIpc) is 2.45. The van der Waals surface area contributed by atoms with Gasteiger partial charge in [0.1, 0.15) is 0 Å². The number of ether oxygens (including phenoxy) is 1. The SMILES string of the molecule is COC(=O)CN1CCCC2(C1)CN(Cc1cc(C)cc(C)c1)C2. The Balaban J connectivity index is 1.54. The van der Waals surface area contributed by atoms with Gasteiger partial charge in [-0.1, -0.05) is 29.3 Å². The molecule has 2 aliphatic rings. The van der Waals surface area contributed by atoms with Crippen LogP contribution in [0.2, 0.25) is 0 Å². The van der Waals surface area contributed by atoms with Crippen molar-refractivity contribution in [3.8, 4) is 0 Å². The molecule has 0 aliphatic carbocycles. The third kappa shape index (κ3) is 3.93. The quantitative estimate of drug-likeness (QED) is 0.799. The molecule has 0 saturated carbocycles. The summed E-state index contributed by atoms with van der Waals surface area (Å²) >= 11 is 0. The lowest BCUT2D eigenvalue weighted by molar-refractivity contribution is -0.144. The second kappa shape index (κ2) is 6.62. The molecule has 0 amide bonds. The Morgan fingerprint density at radius 1 is 1.13 bits per heavy atom. The Labute approximate surface area is 139 Å². The number of hydrogen-bond acceptors (Lipinski definition) is 4. The molecule has 0 unspecified atom stereocenters. The summed E-state index contributed by atoms with van der Waals surface area (Å²) in [5, 5.41) is 0. The van der Waals surface area contributed by atoms with Crippen LogP contribution >= 0.6 is 0 Å². The molecule has 1 aromatic rings.